The minimum atomic E-state index is -0.268. The van der Waals surface area contributed by atoms with Gasteiger partial charge in [0.25, 0.3) is 5.91 Å². The van der Waals surface area contributed by atoms with Crippen LogP contribution >= 0.6 is 35.2 Å². The number of aromatic amines is 1. The van der Waals surface area contributed by atoms with Gasteiger partial charge in [-0.25, -0.2) is 4.98 Å². The number of hydrogen-bond acceptors (Lipinski definition) is 6. The number of H-pyrrole nitrogens is 1. The zero-order valence-electron chi connectivity index (χ0n) is 13.9. The van der Waals surface area contributed by atoms with Crippen LogP contribution in [0, 0.1) is 4.77 Å². The summed E-state index contributed by atoms with van der Waals surface area (Å²) in [7, 11) is 0. The SMILES string of the molecule is CCn1c(CNC(=O)c2csc(COc3ccc(Cl)cc3)n2)n[nH]c1=S. The van der Waals surface area contributed by atoms with Crippen LogP contribution in [-0.4, -0.2) is 25.7 Å². The summed E-state index contributed by atoms with van der Waals surface area (Å²) in [6.07, 6.45) is 0. The smallest absolute Gasteiger partial charge is 0.271 e. The number of benzene rings is 1. The number of thiazole rings is 1. The highest BCUT2D eigenvalue weighted by Gasteiger charge is 2.13. The van der Waals surface area contributed by atoms with Crippen LogP contribution in [0.25, 0.3) is 0 Å². The Kier molecular flexibility index (Phi) is 6.02. The van der Waals surface area contributed by atoms with E-state index in [0.717, 1.165) is 0 Å². The third-order valence-electron chi connectivity index (χ3n) is 3.52. The van der Waals surface area contributed by atoms with Crippen LogP contribution in [0.5, 0.6) is 5.75 Å². The molecule has 0 fully saturated rings. The Morgan fingerprint density at radius 3 is 2.92 bits per heavy atom. The zero-order chi connectivity index (χ0) is 18.5. The van der Waals surface area contributed by atoms with Gasteiger partial charge in [-0.1, -0.05) is 11.6 Å². The van der Waals surface area contributed by atoms with Crippen LogP contribution in [0.15, 0.2) is 29.6 Å². The van der Waals surface area contributed by atoms with E-state index in [0.29, 0.717) is 38.6 Å². The summed E-state index contributed by atoms with van der Waals surface area (Å²) >= 11 is 12.3. The lowest BCUT2D eigenvalue weighted by Gasteiger charge is -2.05. The van der Waals surface area contributed by atoms with Crippen molar-refractivity contribution in [2.75, 3.05) is 0 Å². The van der Waals surface area contributed by atoms with E-state index >= 15 is 0 Å². The summed E-state index contributed by atoms with van der Waals surface area (Å²) in [5.74, 6) is 1.10. The van der Waals surface area contributed by atoms with Gasteiger partial charge >= 0.3 is 0 Å². The van der Waals surface area contributed by atoms with E-state index < -0.39 is 0 Å². The van der Waals surface area contributed by atoms with Crippen molar-refractivity contribution in [1.29, 1.82) is 0 Å². The molecule has 2 N–H and O–H groups in total. The molecular weight excluding hydrogens is 394 g/mol. The monoisotopic (exact) mass is 409 g/mol. The first-order chi connectivity index (χ1) is 12.6. The van der Waals surface area contributed by atoms with Gasteiger partial charge in [-0.3, -0.25) is 9.89 Å². The van der Waals surface area contributed by atoms with E-state index in [4.69, 9.17) is 28.6 Å². The number of carbonyl (C=O) groups is 1. The third-order valence-corrected chi connectivity index (χ3v) is 4.91. The molecule has 1 amide bonds. The number of aromatic nitrogens is 4. The first kappa shape index (κ1) is 18.6. The second kappa shape index (κ2) is 8.43. The summed E-state index contributed by atoms with van der Waals surface area (Å²) in [5.41, 5.74) is 0.349. The first-order valence-corrected chi connectivity index (χ1v) is 9.48. The van der Waals surface area contributed by atoms with Crippen LogP contribution in [0.3, 0.4) is 0 Å². The average molecular weight is 410 g/mol. The van der Waals surface area contributed by atoms with Gasteiger partial charge in [-0.15, -0.1) is 11.3 Å². The number of hydrogen-bond donors (Lipinski definition) is 2. The third kappa shape index (κ3) is 4.48. The predicted molar refractivity (Wildman–Crippen MR) is 102 cm³/mol. The molecule has 0 aliphatic carbocycles. The number of nitrogens with zero attached hydrogens (tertiary/aromatic N) is 3. The van der Waals surface area contributed by atoms with Gasteiger partial charge in [0.1, 0.15) is 23.1 Å². The van der Waals surface area contributed by atoms with Crippen molar-refractivity contribution in [1.82, 2.24) is 25.1 Å². The van der Waals surface area contributed by atoms with Gasteiger partial charge in [0.05, 0.1) is 6.54 Å². The van der Waals surface area contributed by atoms with Crippen LogP contribution in [0.2, 0.25) is 5.02 Å². The average Bonchev–Trinajstić information content (AvgIpc) is 3.25. The van der Waals surface area contributed by atoms with E-state index in [9.17, 15) is 4.79 Å². The fourth-order valence-corrected chi connectivity index (χ4v) is 3.31. The molecule has 7 nitrogen and oxygen atoms in total. The normalized spacial score (nSPS) is 10.7. The predicted octanol–water partition coefficient (Wildman–Crippen LogP) is 3.58. The van der Waals surface area contributed by atoms with E-state index in [2.05, 4.69) is 20.5 Å². The Hall–Kier alpha value is -2.23. The molecule has 0 saturated heterocycles. The van der Waals surface area contributed by atoms with E-state index in [1.807, 2.05) is 11.5 Å². The van der Waals surface area contributed by atoms with Crippen molar-refractivity contribution >= 4 is 41.1 Å². The van der Waals surface area contributed by atoms with Crippen LogP contribution in [0.1, 0.15) is 28.2 Å². The lowest BCUT2D eigenvalue weighted by molar-refractivity contribution is 0.0945. The van der Waals surface area contributed by atoms with Gasteiger partial charge in [0, 0.05) is 16.9 Å². The highest BCUT2D eigenvalue weighted by atomic mass is 35.5. The van der Waals surface area contributed by atoms with Crippen molar-refractivity contribution in [2.24, 2.45) is 0 Å². The van der Waals surface area contributed by atoms with E-state index in [-0.39, 0.29) is 19.1 Å². The Labute approximate surface area is 164 Å². The standard InChI is InChI=1S/C16H16ClN5O2S2/c1-2-22-13(20-21-16(22)25)7-18-15(23)12-9-26-14(19-12)8-24-11-5-3-10(17)4-6-11/h3-6,9H,2,7-8H2,1H3,(H,18,23)(H,21,25). The maximum atomic E-state index is 12.3. The summed E-state index contributed by atoms with van der Waals surface area (Å²) in [4.78, 5) is 16.6. The lowest BCUT2D eigenvalue weighted by atomic mass is 10.3. The molecule has 2 heterocycles. The molecule has 3 rings (SSSR count). The molecule has 2 aromatic heterocycles. The second-order valence-corrected chi connectivity index (χ2v) is 7.01. The Bertz CT molecular complexity index is 948. The Balaban J connectivity index is 1.55. The highest BCUT2D eigenvalue weighted by molar-refractivity contribution is 7.71. The zero-order valence-corrected chi connectivity index (χ0v) is 16.2. The van der Waals surface area contributed by atoms with Crippen LogP contribution in [0.4, 0.5) is 0 Å². The molecule has 0 saturated carbocycles. The van der Waals surface area contributed by atoms with Gasteiger partial charge in [0.15, 0.2) is 10.6 Å². The minimum Gasteiger partial charge on any atom is -0.486 e. The maximum absolute atomic E-state index is 12.3. The van der Waals surface area contributed by atoms with Crippen molar-refractivity contribution in [2.45, 2.75) is 26.6 Å². The quantitative estimate of drug-likeness (QED) is 0.582. The Morgan fingerprint density at radius 2 is 2.19 bits per heavy atom. The van der Waals surface area contributed by atoms with Crippen molar-refractivity contribution in [3.05, 3.63) is 56.0 Å². The molecular formula is C16H16ClN5O2S2. The Morgan fingerprint density at radius 1 is 1.42 bits per heavy atom. The molecule has 0 atom stereocenters. The number of nitrogens with one attached hydrogen (secondary N) is 2. The summed E-state index contributed by atoms with van der Waals surface area (Å²) in [6.45, 7) is 3.20. The molecule has 10 heteroatoms. The molecule has 0 unspecified atom stereocenters. The fraction of sp³-hybridized carbons (Fsp3) is 0.250. The molecule has 1 aromatic carbocycles. The van der Waals surface area contributed by atoms with Gasteiger partial charge in [0.2, 0.25) is 0 Å². The lowest BCUT2D eigenvalue weighted by Crippen LogP contribution is -2.25. The highest BCUT2D eigenvalue weighted by Crippen LogP contribution is 2.18. The van der Waals surface area contributed by atoms with Gasteiger partial charge in [-0.05, 0) is 43.4 Å². The number of ether oxygens (including phenoxy) is 1. The number of amides is 1. The molecule has 136 valence electrons. The maximum Gasteiger partial charge on any atom is 0.271 e. The van der Waals surface area contributed by atoms with E-state index in [1.54, 1.807) is 29.6 Å². The van der Waals surface area contributed by atoms with Crippen LogP contribution < -0.4 is 10.1 Å². The number of carbonyl (C=O) groups excluding carboxylic acids is 1. The number of halogens is 1. The van der Waals surface area contributed by atoms with Gasteiger partial charge in [-0.2, -0.15) is 5.10 Å². The summed E-state index contributed by atoms with van der Waals surface area (Å²) in [6, 6.07) is 7.07. The summed E-state index contributed by atoms with van der Waals surface area (Å²) < 4.78 is 7.99. The number of rotatable bonds is 7. The largest absolute Gasteiger partial charge is 0.486 e. The van der Waals surface area contributed by atoms with Gasteiger partial charge < -0.3 is 14.6 Å². The van der Waals surface area contributed by atoms with E-state index in [1.165, 1.54) is 11.3 Å². The molecule has 3 aromatic rings. The van der Waals surface area contributed by atoms with Crippen molar-refractivity contribution in [3.63, 3.8) is 0 Å². The van der Waals surface area contributed by atoms with Crippen LogP contribution in [-0.2, 0) is 19.7 Å². The van der Waals surface area contributed by atoms with Crippen molar-refractivity contribution < 1.29 is 9.53 Å². The molecule has 0 aliphatic heterocycles. The molecule has 0 spiro atoms. The molecule has 0 bridgehead atoms. The summed E-state index contributed by atoms with van der Waals surface area (Å²) in [5, 5.41) is 12.7. The van der Waals surface area contributed by atoms with Crippen molar-refractivity contribution in [3.8, 4) is 5.75 Å². The molecule has 0 aliphatic rings. The topological polar surface area (TPSA) is 84.8 Å². The first-order valence-electron chi connectivity index (χ1n) is 7.82. The second-order valence-electron chi connectivity index (χ2n) is 5.24. The molecule has 26 heavy (non-hydrogen) atoms. The fourth-order valence-electron chi connectivity index (χ4n) is 2.22. The minimum absolute atomic E-state index is 0.268. The molecule has 0 radical (unpaired) electrons.